The fourth-order valence-electron chi connectivity index (χ4n) is 2.96. The van der Waals surface area contributed by atoms with Crippen LogP contribution in [0.15, 0.2) is 65.1 Å². The van der Waals surface area contributed by atoms with E-state index < -0.39 is 0 Å². The lowest BCUT2D eigenvalue weighted by atomic mass is 10.0. The summed E-state index contributed by atoms with van der Waals surface area (Å²) in [5.41, 5.74) is 4.42. The van der Waals surface area contributed by atoms with E-state index in [0.717, 1.165) is 17.7 Å². The van der Waals surface area contributed by atoms with E-state index in [1.165, 1.54) is 5.56 Å². The summed E-state index contributed by atoms with van der Waals surface area (Å²) in [7, 11) is 1.79. The lowest BCUT2D eigenvalue weighted by Crippen LogP contribution is -2.12. The summed E-state index contributed by atoms with van der Waals surface area (Å²) < 4.78 is 7.20. The fraction of sp³-hybridized carbons (Fsp3) is 0.143. The molecule has 4 rings (SSSR count). The van der Waals surface area contributed by atoms with Gasteiger partial charge in [-0.25, -0.2) is 0 Å². The predicted molar refractivity (Wildman–Crippen MR) is 105 cm³/mol. The molecule has 1 amide bonds. The van der Waals surface area contributed by atoms with Gasteiger partial charge in [-0.3, -0.25) is 14.8 Å². The number of anilines is 1. The zero-order valence-electron chi connectivity index (χ0n) is 15.6. The van der Waals surface area contributed by atoms with Crippen LogP contribution in [0, 0.1) is 6.92 Å². The summed E-state index contributed by atoms with van der Waals surface area (Å²) in [6, 6.07) is 19.5. The van der Waals surface area contributed by atoms with Gasteiger partial charge in [0.1, 0.15) is 5.69 Å². The molecule has 0 unspecified atom stereocenters. The minimum Gasteiger partial charge on any atom is -0.401 e. The normalized spacial score (nSPS) is 10.8. The molecule has 0 fully saturated rings. The standard InChI is InChI=1S/C21H19N5O2/c1-14-12-18(26(2)25-14)20-23-24-21(28-20)22-19(27)17-10-8-16(9-11-17)13-15-6-4-3-5-7-15/h3-12H,13H2,1-2H3,(H,22,24,27). The molecule has 0 aliphatic rings. The van der Waals surface area contributed by atoms with Crippen molar-refractivity contribution in [1.82, 2.24) is 20.0 Å². The van der Waals surface area contributed by atoms with Gasteiger partial charge in [-0.15, -0.1) is 5.10 Å². The van der Waals surface area contributed by atoms with Crippen molar-refractivity contribution in [3.63, 3.8) is 0 Å². The second-order valence-electron chi connectivity index (χ2n) is 6.52. The Labute approximate surface area is 162 Å². The molecule has 0 atom stereocenters. The molecular formula is C21H19N5O2. The zero-order valence-corrected chi connectivity index (χ0v) is 15.6. The van der Waals surface area contributed by atoms with Crippen LogP contribution in [0.4, 0.5) is 6.01 Å². The van der Waals surface area contributed by atoms with Gasteiger partial charge in [-0.05, 0) is 42.7 Å². The number of nitrogens with one attached hydrogen (secondary N) is 1. The number of benzene rings is 2. The third-order valence-corrected chi connectivity index (χ3v) is 4.33. The van der Waals surface area contributed by atoms with Crippen LogP contribution < -0.4 is 5.32 Å². The largest absolute Gasteiger partial charge is 0.401 e. The Kier molecular flexibility index (Phi) is 4.72. The molecule has 7 heteroatoms. The molecule has 2 aromatic carbocycles. The van der Waals surface area contributed by atoms with Crippen LogP contribution in [0.1, 0.15) is 27.2 Å². The highest BCUT2D eigenvalue weighted by Gasteiger charge is 2.15. The van der Waals surface area contributed by atoms with E-state index in [-0.39, 0.29) is 11.9 Å². The van der Waals surface area contributed by atoms with Crippen molar-refractivity contribution in [3.8, 4) is 11.6 Å². The molecule has 0 bridgehead atoms. The fourth-order valence-corrected chi connectivity index (χ4v) is 2.96. The molecule has 0 saturated heterocycles. The average Bonchev–Trinajstić information content (AvgIpc) is 3.28. The van der Waals surface area contributed by atoms with Gasteiger partial charge in [0.05, 0.1) is 5.69 Å². The lowest BCUT2D eigenvalue weighted by molar-refractivity contribution is 0.102. The zero-order chi connectivity index (χ0) is 19.5. The number of hydrogen-bond acceptors (Lipinski definition) is 5. The monoisotopic (exact) mass is 373 g/mol. The maximum absolute atomic E-state index is 12.4. The Morgan fingerprint density at radius 2 is 1.75 bits per heavy atom. The molecule has 2 heterocycles. The molecule has 7 nitrogen and oxygen atoms in total. The molecule has 2 aromatic heterocycles. The van der Waals surface area contributed by atoms with Gasteiger partial charge in [0.15, 0.2) is 0 Å². The Bertz CT molecular complexity index is 1100. The first-order valence-electron chi connectivity index (χ1n) is 8.87. The van der Waals surface area contributed by atoms with Gasteiger partial charge in [0.25, 0.3) is 11.8 Å². The summed E-state index contributed by atoms with van der Waals surface area (Å²) in [6.45, 7) is 1.88. The molecule has 0 radical (unpaired) electrons. The third kappa shape index (κ3) is 3.83. The highest BCUT2D eigenvalue weighted by Crippen LogP contribution is 2.20. The molecule has 0 spiro atoms. The first-order chi connectivity index (χ1) is 13.6. The summed E-state index contributed by atoms with van der Waals surface area (Å²) in [4.78, 5) is 12.4. The van der Waals surface area contributed by atoms with Crippen LogP contribution in [-0.2, 0) is 13.5 Å². The smallest absolute Gasteiger partial charge is 0.322 e. The van der Waals surface area contributed by atoms with Gasteiger partial charge in [0, 0.05) is 12.6 Å². The highest BCUT2D eigenvalue weighted by atomic mass is 16.4. The van der Waals surface area contributed by atoms with Gasteiger partial charge in [-0.1, -0.05) is 47.6 Å². The maximum atomic E-state index is 12.4. The molecule has 28 heavy (non-hydrogen) atoms. The second kappa shape index (κ2) is 7.48. The van der Waals surface area contributed by atoms with Crippen LogP contribution in [0.2, 0.25) is 0 Å². The Morgan fingerprint density at radius 3 is 2.43 bits per heavy atom. The van der Waals surface area contributed by atoms with Crippen LogP contribution in [0.5, 0.6) is 0 Å². The molecule has 1 N–H and O–H groups in total. The quantitative estimate of drug-likeness (QED) is 0.577. The SMILES string of the molecule is Cc1cc(-c2nnc(NC(=O)c3ccc(Cc4ccccc4)cc3)o2)n(C)n1. The van der Waals surface area contributed by atoms with E-state index in [0.29, 0.717) is 17.1 Å². The number of amides is 1. The van der Waals surface area contributed by atoms with Crippen molar-refractivity contribution >= 4 is 11.9 Å². The van der Waals surface area contributed by atoms with Crippen LogP contribution >= 0.6 is 0 Å². The van der Waals surface area contributed by atoms with Gasteiger partial charge in [-0.2, -0.15) is 5.10 Å². The molecule has 140 valence electrons. The number of carbonyl (C=O) groups is 1. The topological polar surface area (TPSA) is 85.8 Å². The van der Waals surface area contributed by atoms with Crippen molar-refractivity contribution in [2.45, 2.75) is 13.3 Å². The van der Waals surface area contributed by atoms with Gasteiger partial charge in [0.2, 0.25) is 0 Å². The Morgan fingerprint density at radius 1 is 1.04 bits per heavy atom. The van der Waals surface area contributed by atoms with Crippen molar-refractivity contribution in [3.05, 3.63) is 83.0 Å². The minimum absolute atomic E-state index is 0.0483. The summed E-state index contributed by atoms with van der Waals surface area (Å²) in [5, 5.41) is 14.7. The molecule has 0 saturated carbocycles. The Balaban J connectivity index is 1.43. The van der Waals surface area contributed by atoms with Crippen molar-refractivity contribution < 1.29 is 9.21 Å². The summed E-state index contributed by atoms with van der Waals surface area (Å²) in [5.74, 6) is -0.000688. The first-order valence-corrected chi connectivity index (χ1v) is 8.87. The van der Waals surface area contributed by atoms with Crippen molar-refractivity contribution in [2.75, 3.05) is 5.32 Å². The first kappa shape index (κ1) is 17.7. The number of carbonyl (C=O) groups excluding carboxylic acids is 1. The maximum Gasteiger partial charge on any atom is 0.322 e. The van der Waals surface area contributed by atoms with Crippen molar-refractivity contribution in [1.29, 1.82) is 0 Å². The van der Waals surface area contributed by atoms with Gasteiger partial charge < -0.3 is 4.42 Å². The van der Waals surface area contributed by atoms with E-state index in [2.05, 4.69) is 32.7 Å². The van der Waals surface area contributed by atoms with E-state index in [4.69, 9.17) is 4.42 Å². The molecule has 0 aliphatic heterocycles. The van der Waals surface area contributed by atoms with Crippen LogP contribution in [-0.4, -0.2) is 25.9 Å². The minimum atomic E-state index is -0.303. The van der Waals surface area contributed by atoms with E-state index in [1.807, 2.05) is 43.3 Å². The van der Waals surface area contributed by atoms with E-state index >= 15 is 0 Å². The molecule has 0 aliphatic carbocycles. The number of aromatic nitrogens is 4. The number of hydrogen-bond donors (Lipinski definition) is 1. The molecule has 4 aromatic rings. The lowest BCUT2D eigenvalue weighted by Gasteiger charge is -2.04. The highest BCUT2D eigenvalue weighted by molar-refractivity contribution is 6.03. The number of nitrogens with zero attached hydrogens (tertiary/aromatic N) is 4. The Hall–Kier alpha value is -3.74. The second-order valence-corrected chi connectivity index (χ2v) is 6.52. The van der Waals surface area contributed by atoms with Crippen molar-refractivity contribution in [2.24, 2.45) is 7.05 Å². The van der Waals surface area contributed by atoms with E-state index in [9.17, 15) is 4.79 Å². The number of aryl methyl sites for hydroxylation is 2. The summed E-state index contributed by atoms with van der Waals surface area (Å²) >= 11 is 0. The third-order valence-electron chi connectivity index (χ3n) is 4.33. The summed E-state index contributed by atoms with van der Waals surface area (Å²) in [6.07, 6.45) is 0.819. The van der Waals surface area contributed by atoms with E-state index in [1.54, 1.807) is 23.9 Å². The average molecular weight is 373 g/mol. The van der Waals surface area contributed by atoms with Crippen LogP contribution in [0.3, 0.4) is 0 Å². The van der Waals surface area contributed by atoms with Gasteiger partial charge >= 0.3 is 6.01 Å². The van der Waals surface area contributed by atoms with Crippen LogP contribution in [0.25, 0.3) is 11.6 Å². The predicted octanol–water partition coefficient (Wildman–Crippen LogP) is 3.62. The number of rotatable bonds is 5. The molecular weight excluding hydrogens is 354 g/mol.